The Labute approximate surface area is 133 Å². The van der Waals surface area contributed by atoms with Crippen molar-refractivity contribution < 1.29 is 19.0 Å². The molecule has 0 aliphatic carbocycles. The van der Waals surface area contributed by atoms with Crippen molar-refractivity contribution in [2.24, 2.45) is 0 Å². The van der Waals surface area contributed by atoms with Gasteiger partial charge in [0, 0.05) is 24.2 Å². The molecule has 8 heteroatoms. The summed E-state index contributed by atoms with van der Waals surface area (Å²) in [6, 6.07) is 3.49. The molecule has 3 rings (SSSR count). The first-order valence-corrected chi connectivity index (χ1v) is 7.65. The summed E-state index contributed by atoms with van der Waals surface area (Å²) < 4.78 is 15.8. The predicted molar refractivity (Wildman–Crippen MR) is 80.7 cm³/mol. The van der Waals surface area contributed by atoms with Crippen LogP contribution in [-0.4, -0.2) is 68.6 Å². The van der Waals surface area contributed by atoms with E-state index in [-0.39, 0.29) is 6.09 Å². The molecule has 0 N–H and O–H groups in total. The van der Waals surface area contributed by atoms with Crippen LogP contribution in [0, 0.1) is 0 Å². The maximum Gasteiger partial charge on any atom is 0.410 e. The molecule has 1 amide bonds. The number of hydrogen-bond acceptors (Lipinski definition) is 6. The van der Waals surface area contributed by atoms with Crippen LogP contribution < -0.4 is 9.64 Å². The van der Waals surface area contributed by atoms with Gasteiger partial charge in [0.05, 0.1) is 26.3 Å². The van der Waals surface area contributed by atoms with Gasteiger partial charge in [-0.3, -0.25) is 0 Å². The molecule has 2 aliphatic rings. The summed E-state index contributed by atoms with van der Waals surface area (Å²) in [4.78, 5) is 19.5. The number of amides is 1. The van der Waals surface area contributed by atoms with Gasteiger partial charge in [-0.2, -0.15) is 4.98 Å². The average Bonchev–Trinajstić information content (AvgIpc) is 2.93. The minimum atomic E-state index is -0.295. The molecule has 7 nitrogen and oxygen atoms in total. The predicted octanol–water partition coefficient (Wildman–Crippen LogP) is 1.40. The van der Waals surface area contributed by atoms with Gasteiger partial charge in [0.2, 0.25) is 5.88 Å². The van der Waals surface area contributed by atoms with Gasteiger partial charge < -0.3 is 24.0 Å². The molecule has 2 aliphatic heterocycles. The van der Waals surface area contributed by atoms with Crippen molar-refractivity contribution in [2.45, 2.75) is 0 Å². The SMILES string of the molecule is O=C1OCCN1CCOc1cc(Cl)cc(N2CCOCC2)n1. The zero-order valence-electron chi connectivity index (χ0n) is 12.2. The van der Waals surface area contributed by atoms with Crippen molar-refractivity contribution >= 4 is 23.5 Å². The van der Waals surface area contributed by atoms with E-state index in [2.05, 4.69) is 9.88 Å². The third-order valence-electron chi connectivity index (χ3n) is 3.54. The second-order valence-electron chi connectivity index (χ2n) is 5.03. The number of hydrogen-bond donors (Lipinski definition) is 0. The summed E-state index contributed by atoms with van der Waals surface area (Å²) in [7, 11) is 0. The second kappa shape index (κ2) is 7.02. The van der Waals surface area contributed by atoms with E-state index in [1.54, 1.807) is 11.0 Å². The van der Waals surface area contributed by atoms with Gasteiger partial charge in [0.25, 0.3) is 0 Å². The van der Waals surface area contributed by atoms with E-state index in [9.17, 15) is 4.79 Å². The van der Waals surface area contributed by atoms with Gasteiger partial charge in [-0.25, -0.2) is 4.79 Å². The Bertz CT molecular complexity index is 537. The second-order valence-corrected chi connectivity index (χ2v) is 5.47. The Kier molecular flexibility index (Phi) is 4.84. The average molecular weight is 328 g/mol. The highest BCUT2D eigenvalue weighted by molar-refractivity contribution is 6.30. The van der Waals surface area contributed by atoms with E-state index < -0.39 is 0 Å². The lowest BCUT2D eigenvalue weighted by Gasteiger charge is -2.28. The van der Waals surface area contributed by atoms with E-state index in [0.717, 1.165) is 18.9 Å². The number of morpholine rings is 1. The van der Waals surface area contributed by atoms with E-state index in [1.165, 1.54) is 0 Å². The first-order chi connectivity index (χ1) is 10.7. The number of pyridine rings is 1. The summed E-state index contributed by atoms with van der Waals surface area (Å²) in [5.41, 5.74) is 0. The van der Waals surface area contributed by atoms with Crippen molar-refractivity contribution in [1.82, 2.24) is 9.88 Å². The number of anilines is 1. The highest BCUT2D eigenvalue weighted by atomic mass is 35.5. The standard InChI is InChI=1S/C14H18ClN3O4/c15-11-9-12(17-1-5-20-6-2-17)16-13(10-11)21-7-3-18-4-8-22-14(18)19/h9-10H,1-8H2. The topological polar surface area (TPSA) is 64.1 Å². The van der Waals surface area contributed by atoms with Crippen molar-refractivity contribution in [3.63, 3.8) is 0 Å². The molecule has 0 aromatic carbocycles. The van der Waals surface area contributed by atoms with Crippen LogP contribution in [0.1, 0.15) is 0 Å². The summed E-state index contributed by atoms with van der Waals surface area (Å²) in [5, 5.41) is 0.576. The number of nitrogens with zero attached hydrogens (tertiary/aromatic N) is 3. The van der Waals surface area contributed by atoms with Crippen LogP contribution >= 0.6 is 11.6 Å². The maximum absolute atomic E-state index is 11.3. The molecular weight excluding hydrogens is 310 g/mol. The number of rotatable bonds is 5. The fourth-order valence-electron chi connectivity index (χ4n) is 2.38. The Hall–Kier alpha value is -1.73. The molecule has 0 saturated carbocycles. The molecule has 0 radical (unpaired) electrons. The molecule has 2 fully saturated rings. The van der Waals surface area contributed by atoms with E-state index in [1.807, 2.05) is 6.07 Å². The zero-order chi connectivity index (χ0) is 15.4. The zero-order valence-corrected chi connectivity index (χ0v) is 12.9. The number of halogens is 1. The highest BCUT2D eigenvalue weighted by Gasteiger charge is 2.21. The summed E-state index contributed by atoms with van der Waals surface area (Å²) in [6.45, 7) is 4.80. The molecule has 0 spiro atoms. The highest BCUT2D eigenvalue weighted by Crippen LogP contribution is 2.23. The van der Waals surface area contributed by atoms with Crippen LogP contribution in [0.4, 0.5) is 10.6 Å². The Balaban J connectivity index is 1.58. The molecule has 0 atom stereocenters. The molecule has 0 unspecified atom stereocenters. The van der Waals surface area contributed by atoms with Gasteiger partial charge in [-0.1, -0.05) is 11.6 Å². The monoisotopic (exact) mass is 327 g/mol. The van der Waals surface area contributed by atoms with Crippen LogP contribution in [0.25, 0.3) is 0 Å². The number of cyclic esters (lactones) is 1. The van der Waals surface area contributed by atoms with Crippen LogP contribution in [0.2, 0.25) is 5.02 Å². The van der Waals surface area contributed by atoms with Crippen LogP contribution in [0.15, 0.2) is 12.1 Å². The van der Waals surface area contributed by atoms with E-state index in [4.69, 9.17) is 25.8 Å². The smallest absolute Gasteiger partial charge is 0.410 e. The van der Waals surface area contributed by atoms with E-state index in [0.29, 0.717) is 50.4 Å². The van der Waals surface area contributed by atoms with Gasteiger partial charge >= 0.3 is 6.09 Å². The molecule has 120 valence electrons. The maximum atomic E-state index is 11.3. The van der Waals surface area contributed by atoms with Crippen LogP contribution in [0.3, 0.4) is 0 Å². The third kappa shape index (κ3) is 3.72. The van der Waals surface area contributed by atoms with Gasteiger partial charge in [-0.15, -0.1) is 0 Å². The molecule has 1 aromatic heterocycles. The minimum absolute atomic E-state index is 0.295. The first-order valence-electron chi connectivity index (χ1n) is 7.27. The lowest BCUT2D eigenvalue weighted by Crippen LogP contribution is -2.36. The number of ether oxygens (including phenoxy) is 3. The summed E-state index contributed by atoms with van der Waals surface area (Å²) in [6.07, 6.45) is -0.295. The Morgan fingerprint density at radius 3 is 2.77 bits per heavy atom. The van der Waals surface area contributed by atoms with Crippen molar-refractivity contribution in [3.05, 3.63) is 17.2 Å². The fourth-order valence-corrected chi connectivity index (χ4v) is 2.57. The van der Waals surface area contributed by atoms with Gasteiger partial charge in [0.15, 0.2) is 0 Å². The largest absolute Gasteiger partial charge is 0.476 e. The Morgan fingerprint density at radius 2 is 2.05 bits per heavy atom. The minimum Gasteiger partial charge on any atom is -0.476 e. The molecule has 0 bridgehead atoms. The van der Waals surface area contributed by atoms with Crippen molar-refractivity contribution in [2.75, 3.05) is 57.5 Å². The normalized spacial score (nSPS) is 18.5. The number of carbonyl (C=O) groups is 1. The van der Waals surface area contributed by atoms with E-state index >= 15 is 0 Å². The molecule has 2 saturated heterocycles. The lowest BCUT2D eigenvalue weighted by molar-refractivity contribution is 0.122. The number of carbonyl (C=O) groups excluding carboxylic acids is 1. The lowest BCUT2D eigenvalue weighted by atomic mass is 10.3. The summed E-state index contributed by atoms with van der Waals surface area (Å²) in [5.74, 6) is 1.24. The molecular formula is C14H18ClN3O4. The van der Waals surface area contributed by atoms with Crippen molar-refractivity contribution in [1.29, 1.82) is 0 Å². The summed E-state index contributed by atoms with van der Waals surface area (Å²) >= 11 is 6.14. The third-order valence-corrected chi connectivity index (χ3v) is 3.76. The molecule has 22 heavy (non-hydrogen) atoms. The van der Waals surface area contributed by atoms with Crippen molar-refractivity contribution in [3.8, 4) is 5.88 Å². The quantitative estimate of drug-likeness (QED) is 0.814. The molecule has 1 aromatic rings. The first kappa shape index (κ1) is 15.2. The van der Waals surface area contributed by atoms with Crippen LogP contribution in [-0.2, 0) is 9.47 Å². The van der Waals surface area contributed by atoms with Gasteiger partial charge in [-0.05, 0) is 6.07 Å². The Morgan fingerprint density at radius 1 is 1.23 bits per heavy atom. The van der Waals surface area contributed by atoms with Gasteiger partial charge in [0.1, 0.15) is 19.0 Å². The number of aromatic nitrogens is 1. The molecule has 3 heterocycles. The van der Waals surface area contributed by atoms with Crippen LogP contribution in [0.5, 0.6) is 5.88 Å². The fraction of sp³-hybridized carbons (Fsp3) is 0.571.